The highest BCUT2D eigenvalue weighted by molar-refractivity contribution is 5.31. The molecule has 0 atom stereocenters. The summed E-state index contributed by atoms with van der Waals surface area (Å²) in [5.74, 6) is 6.07. The normalized spacial score (nSPS) is 11.1. The second-order valence-corrected chi connectivity index (χ2v) is 5.83. The Morgan fingerprint density at radius 3 is 2.09 bits per heavy atom. The molecule has 4 nitrogen and oxygen atoms in total. The number of nitriles is 1. The van der Waals surface area contributed by atoms with Crippen molar-refractivity contribution in [2.24, 2.45) is 5.84 Å². The van der Waals surface area contributed by atoms with Crippen LogP contribution in [0.1, 0.15) is 50.7 Å². The van der Waals surface area contributed by atoms with E-state index in [1.54, 1.807) is 0 Å². The van der Waals surface area contributed by atoms with Gasteiger partial charge in [-0.25, -0.2) is 5.01 Å². The third-order valence-electron chi connectivity index (χ3n) is 3.72. The van der Waals surface area contributed by atoms with E-state index in [1.165, 1.54) is 38.9 Å². The summed E-state index contributed by atoms with van der Waals surface area (Å²) < 4.78 is 0. The van der Waals surface area contributed by atoms with Gasteiger partial charge < -0.3 is 4.90 Å². The Bertz CT molecular complexity index is 429. The van der Waals surface area contributed by atoms with E-state index in [1.807, 2.05) is 29.3 Å². The van der Waals surface area contributed by atoms with Crippen LogP contribution in [0.25, 0.3) is 0 Å². The summed E-state index contributed by atoms with van der Waals surface area (Å²) in [7, 11) is 0. The Hall–Kier alpha value is -1.41. The second kappa shape index (κ2) is 11.2. The molecule has 0 fully saturated rings. The molecular weight excluding hydrogens is 272 g/mol. The van der Waals surface area contributed by atoms with E-state index in [0.717, 1.165) is 25.1 Å². The van der Waals surface area contributed by atoms with Crippen molar-refractivity contribution >= 4 is 0 Å². The third-order valence-corrected chi connectivity index (χ3v) is 3.72. The fourth-order valence-electron chi connectivity index (χ4n) is 2.62. The van der Waals surface area contributed by atoms with Crippen molar-refractivity contribution in [3.05, 3.63) is 35.4 Å². The zero-order chi connectivity index (χ0) is 16.2. The molecule has 1 aromatic rings. The van der Waals surface area contributed by atoms with Crippen LogP contribution in [0, 0.1) is 11.3 Å². The van der Waals surface area contributed by atoms with E-state index < -0.39 is 0 Å². The largest absolute Gasteiger partial charge is 0.303 e. The maximum atomic E-state index is 8.79. The minimum atomic E-state index is 0.694. The van der Waals surface area contributed by atoms with Gasteiger partial charge in [-0.3, -0.25) is 5.84 Å². The van der Waals surface area contributed by atoms with Gasteiger partial charge >= 0.3 is 0 Å². The van der Waals surface area contributed by atoms with E-state index >= 15 is 0 Å². The fraction of sp³-hybridized carbons (Fsp3) is 0.611. The van der Waals surface area contributed by atoms with Gasteiger partial charge in [0.15, 0.2) is 0 Å². The standard InChI is InChI=1S/C18H30N4/c1-3-11-21(12-4-2)13-5-6-14-22(20)16-18-9-7-17(15-19)8-10-18/h7-10H,3-6,11-14,16,20H2,1-2H3. The lowest BCUT2D eigenvalue weighted by molar-refractivity contribution is 0.240. The SMILES string of the molecule is CCCN(CCC)CCCCN(N)Cc1ccc(C#N)cc1. The number of nitrogens with zero attached hydrogens (tertiary/aromatic N) is 3. The molecule has 1 aromatic carbocycles. The Labute approximate surface area is 135 Å². The molecule has 0 saturated heterocycles. The molecule has 0 unspecified atom stereocenters. The Kier molecular flexibility index (Phi) is 9.49. The quantitative estimate of drug-likeness (QED) is 0.387. The molecule has 0 spiro atoms. The highest BCUT2D eigenvalue weighted by Crippen LogP contribution is 2.06. The molecule has 0 bridgehead atoms. The van der Waals surface area contributed by atoms with Crippen molar-refractivity contribution < 1.29 is 0 Å². The molecule has 0 amide bonds. The number of hydrazine groups is 1. The average Bonchev–Trinajstić information content (AvgIpc) is 2.52. The van der Waals surface area contributed by atoms with Crippen LogP contribution in [0.5, 0.6) is 0 Å². The van der Waals surface area contributed by atoms with Crippen LogP contribution in [0.3, 0.4) is 0 Å². The number of unbranched alkanes of at least 4 members (excludes halogenated alkanes) is 1. The zero-order valence-electron chi connectivity index (χ0n) is 14.1. The first-order valence-electron chi connectivity index (χ1n) is 8.40. The molecule has 0 radical (unpaired) electrons. The van der Waals surface area contributed by atoms with Crippen LogP contribution >= 0.6 is 0 Å². The summed E-state index contributed by atoms with van der Waals surface area (Å²) in [5, 5.41) is 10.7. The van der Waals surface area contributed by atoms with Crippen LogP contribution in [0.4, 0.5) is 0 Å². The second-order valence-electron chi connectivity index (χ2n) is 5.83. The Balaban J connectivity index is 2.22. The van der Waals surface area contributed by atoms with Crippen LogP contribution in [-0.2, 0) is 6.54 Å². The van der Waals surface area contributed by atoms with Crippen molar-refractivity contribution in [1.82, 2.24) is 9.91 Å². The highest BCUT2D eigenvalue weighted by atomic mass is 15.4. The van der Waals surface area contributed by atoms with Gasteiger partial charge in [-0.15, -0.1) is 0 Å². The number of hydrogen-bond donors (Lipinski definition) is 1. The van der Waals surface area contributed by atoms with Gasteiger partial charge in [0, 0.05) is 13.1 Å². The molecule has 0 heterocycles. The molecule has 122 valence electrons. The number of hydrogen-bond acceptors (Lipinski definition) is 4. The minimum Gasteiger partial charge on any atom is -0.303 e. The third kappa shape index (κ3) is 7.56. The first-order valence-corrected chi connectivity index (χ1v) is 8.40. The average molecular weight is 302 g/mol. The van der Waals surface area contributed by atoms with Crippen molar-refractivity contribution in [3.8, 4) is 6.07 Å². The lowest BCUT2D eigenvalue weighted by Crippen LogP contribution is -2.32. The van der Waals surface area contributed by atoms with Gasteiger partial charge in [0.1, 0.15) is 0 Å². The van der Waals surface area contributed by atoms with Gasteiger partial charge in [0.05, 0.1) is 11.6 Å². The van der Waals surface area contributed by atoms with Gasteiger partial charge in [-0.2, -0.15) is 5.26 Å². The van der Waals surface area contributed by atoms with Crippen LogP contribution in [-0.4, -0.2) is 36.1 Å². The monoisotopic (exact) mass is 302 g/mol. The fourth-order valence-corrected chi connectivity index (χ4v) is 2.62. The molecule has 2 N–H and O–H groups in total. The lowest BCUT2D eigenvalue weighted by atomic mass is 10.1. The molecule has 0 aliphatic rings. The molecule has 22 heavy (non-hydrogen) atoms. The van der Waals surface area contributed by atoms with Gasteiger partial charge in [-0.1, -0.05) is 26.0 Å². The highest BCUT2D eigenvalue weighted by Gasteiger charge is 2.04. The number of benzene rings is 1. The van der Waals surface area contributed by atoms with Crippen LogP contribution in [0.2, 0.25) is 0 Å². The molecular formula is C18H30N4. The number of nitrogens with two attached hydrogens (primary N) is 1. The summed E-state index contributed by atoms with van der Waals surface area (Å²) in [6.07, 6.45) is 4.77. The zero-order valence-corrected chi connectivity index (χ0v) is 14.1. The van der Waals surface area contributed by atoms with Crippen molar-refractivity contribution in [2.45, 2.75) is 46.1 Å². The molecule has 1 rings (SSSR count). The predicted molar refractivity (Wildman–Crippen MR) is 92.0 cm³/mol. The van der Waals surface area contributed by atoms with Gasteiger partial charge in [0.2, 0.25) is 0 Å². The molecule has 0 saturated carbocycles. The molecule has 0 aliphatic carbocycles. The lowest BCUT2D eigenvalue weighted by Gasteiger charge is -2.22. The van der Waals surface area contributed by atoms with Gasteiger partial charge in [0.25, 0.3) is 0 Å². The Morgan fingerprint density at radius 1 is 0.955 bits per heavy atom. The first kappa shape index (κ1) is 18.6. The topological polar surface area (TPSA) is 56.3 Å². The predicted octanol–water partition coefficient (Wildman–Crippen LogP) is 3.14. The van der Waals surface area contributed by atoms with Crippen molar-refractivity contribution in [1.29, 1.82) is 5.26 Å². The van der Waals surface area contributed by atoms with E-state index in [4.69, 9.17) is 11.1 Å². The molecule has 0 aromatic heterocycles. The summed E-state index contributed by atoms with van der Waals surface area (Å²) >= 11 is 0. The van der Waals surface area contributed by atoms with Crippen LogP contribution < -0.4 is 5.84 Å². The summed E-state index contributed by atoms with van der Waals surface area (Å²) in [6.45, 7) is 9.69. The number of rotatable bonds is 11. The van der Waals surface area contributed by atoms with Gasteiger partial charge in [-0.05, 0) is 63.0 Å². The maximum absolute atomic E-state index is 8.79. The molecule has 4 heteroatoms. The minimum absolute atomic E-state index is 0.694. The molecule has 0 aliphatic heterocycles. The van der Waals surface area contributed by atoms with Crippen LogP contribution in [0.15, 0.2) is 24.3 Å². The summed E-state index contributed by atoms with van der Waals surface area (Å²) in [5.41, 5.74) is 1.85. The Morgan fingerprint density at radius 2 is 1.55 bits per heavy atom. The summed E-state index contributed by atoms with van der Waals surface area (Å²) in [4.78, 5) is 2.54. The van der Waals surface area contributed by atoms with E-state index in [9.17, 15) is 0 Å². The smallest absolute Gasteiger partial charge is 0.0991 e. The first-order chi connectivity index (χ1) is 10.7. The van der Waals surface area contributed by atoms with E-state index in [0.29, 0.717) is 5.56 Å². The van der Waals surface area contributed by atoms with Crippen molar-refractivity contribution in [3.63, 3.8) is 0 Å². The summed E-state index contributed by atoms with van der Waals surface area (Å²) in [6, 6.07) is 9.77. The maximum Gasteiger partial charge on any atom is 0.0991 e. The van der Waals surface area contributed by atoms with Crippen molar-refractivity contribution in [2.75, 3.05) is 26.2 Å². The van der Waals surface area contributed by atoms with E-state index in [-0.39, 0.29) is 0 Å². The van der Waals surface area contributed by atoms with E-state index in [2.05, 4.69) is 24.8 Å².